The maximum Gasteiger partial charge on any atom is 0.248 e. The zero-order valence-electron chi connectivity index (χ0n) is 17.3. The Labute approximate surface area is 177 Å². The predicted octanol–water partition coefficient (Wildman–Crippen LogP) is 3.72. The summed E-state index contributed by atoms with van der Waals surface area (Å²) >= 11 is 0. The summed E-state index contributed by atoms with van der Waals surface area (Å²) in [5.74, 6) is 0.339. The summed E-state index contributed by atoms with van der Waals surface area (Å²) < 4.78 is 5.91. The van der Waals surface area contributed by atoms with Crippen LogP contribution in [-0.4, -0.2) is 41.4 Å². The molecule has 30 heavy (non-hydrogen) atoms. The number of rotatable bonds is 5. The number of morpholine rings is 1. The molecule has 1 atom stereocenters. The molecule has 1 aromatic heterocycles. The molecule has 6 heteroatoms. The van der Waals surface area contributed by atoms with E-state index in [1.165, 1.54) is 32.1 Å². The molecule has 4 rings (SSSR count). The Balaban J connectivity index is 1.40. The SMILES string of the molecule is NC(=O)c1cccc(-c2ccc(C3CN(C(=O)CC4CCCCC4)CCO3)nc2)c1. The Morgan fingerprint density at radius 2 is 1.93 bits per heavy atom. The highest BCUT2D eigenvalue weighted by Crippen LogP contribution is 2.29. The van der Waals surface area contributed by atoms with Crippen LogP contribution in [0.25, 0.3) is 11.1 Å². The van der Waals surface area contributed by atoms with Crippen molar-refractivity contribution in [3.8, 4) is 11.1 Å². The Morgan fingerprint density at radius 1 is 1.10 bits per heavy atom. The lowest BCUT2D eigenvalue weighted by Crippen LogP contribution is -2.43. The minimum absolute atomic E-state index is 0.208. The number of hydrogen-bond acceptors (Lipinski definition) is 4. The first-order chi connectivity index (χ1) is 14.6. The monoisotopic (exact) mass is 407 g/mol. The highest BCUT2D eigenvalue weighted by Gasteiger charge is 2.28. The number of primary amides is 1. The molecule has 158 valence electrons. The van der Waals surface area contributed by atoms with Crippen LogP contribution in [0.3, 0.4) is 0 Å². The van der Waals surface area contributed by atoms with Gasteiger partial charge in [-0.2, -0.15) is 0 Å². The maximum absolute atomic E-state index is 12.8. The van der Waals surface area contributed by atoms with E-state index in [9.17, 15) is 9.59 Å². The first-order valence-corrected chi connectivity index (χ1v) is 10.9. The second kappa shape index (κ2) is 9.39. The van der Waals surface area contributed by atoms with E-state index in [1.807, 2.05) is 29.2 Å². The summed E-state index contributed by atoms with van der Waals surface area (Å²) in [6.45, 7) is 1.74. The minimum Gasteiger partial charge on any atom is -0.368 e. The van der Waals surface area contributed by atoms with E-state index in [-0.39, 0.29) is 12.0 Å². The van der Waals surface area contributed by atoms with Gasteiger partial charge in [-0.25, -0.2) is 0 Å². The van der Waals surface area contributed by atoms with Crippen LogP contribution >= 0.6 is 0 Å². The van der Waals surface area contributed by atoms with E-state index in [2.05, 4.69) is 4.98 Å². The van der Waals surface area contributed by atoms with Crippen LogP contribution in [-0.2, 0) is 9.53 Å². The highest BCUT2D eigenvalue weighted by molar-refractivity contribution is 5.94. The lowest BCUT2D eigenvalue weighted by atomic mass is 9.86. The maximum atomic E-state index is 12.8. The summed E-state index contributed by atoms with van der Waals surface area (Å²) in [7, 11) is 0. The molecule has 1 aliphatic carbocycles. The van der Waals surface area contributed by atoms with E-state index >= 15 is 0 Å². The third kappa shape index (κ3) is 4.87. The Hall–Kier alpha value is -2.73. The van der Waals surface area contributed by atoms with Crippen molar-refractivity contribution in [1.29, 1.82) is 0 Å². The lowest BCUT2D eigenvalue weighted by molar-refractivity contribution is -0.140. The van der Waals surface area contributed by atoms with Gasteiger partial charge in [0.25, 0.3) is 0 Å². The summed E-state index contributed by atoms with van der Waals surface area (Å²) in [5.41, 5.74) is 8.46. The molecule has 6 nitrogen and oxygen atoms in total. The summed E-state index contributed by atoms with van der Waals surface area (Å²) in [6.07, 6.45) is 8.40. The minimum atomic E-state index is -0.449. The molecule has 1 aromatic carbocycles. The van der Waals surface area contributed by atoms with Crippen molar-refractivity contribution in [2.45, 2.75) is 44.6 Å². The standard InChI is InChI=1S/C24H29N3O3/c25-24(29)19-8-4-7-18(14-19)20-9-10-21(26-15-20)22-16-27(11-12-30-22)23(28)13-17-5-2-1-3-6-17/h4,7-10,14-15,17,22H,1-3,5-6,11-13,16H2,(H2,25,29). The van der Waals surface area contributed by atoms with Crippen LogP contribution in [0, 0.1) is 5.92 Å². The van der Waals surface area contributed by atoms with Crippen LogP contribution in [0.15, 0.2) is 42.6 Å². The zero-order valence-corrected chi connectivity index (χ0v) is 17.3. The Bertz CT molecular complexity index is 891. The van der Waals surface area contributed by atoms with Gasteiger partial charge < -0.3 is 15.4 Å². The molecule has 1 saturated carbocycles. The molecular formula is C24H29N3O3. The lowest BCUT2D eigenvalue weighted by Gasteiger charge is -2.34. The van der Waals surface area contributed by atoms with E-state index in [0.29, 0.717) is 37.6 Å². The molecule has 2 amide bonds. The fourth-order valence-corrected chi connectivity index (χ4v) is 4.44. The van der Waals surface area contributed by atoms with Crippen molar-refractivity contribution in [2.24, 2.45) is 11.7 Å². The van der Waals surface area contributed by atoms with Crippen LogP contribution in [0.4, 0.5) is 0 Å². The average molecular weight is 408 g/mol. The zero-order chi connectivity index (χ0) is 20.9. The van der Waals surface area contributed by atoms with Gasteiger partial charge in [0.05, 0.1) is 18.8 Å². The van der Waals surface area contributed by atoms with Crippen molar-refractivity contribution >= 4 is 11.8 Å². The molecule has 1 unspecified atom stereocenters. The first kappa shape index (κ1) is 20.5. The highest BCUT2D eigenvalue weighted by atomic mass is 16.5. The van der Waals surface area contributed by atoms with Crippen molar-refractivity contribution in [1.82, 2.24) is 9.88 Å². The number of amides is 2. The van der Waals surface area contributed by atoms with E-state index in [1.54, 1.807) is 18.3 Å². The second-order valence-corrected chi connectivity index (χ2v) is 8.32. The van der Waals surface area contributed by atoms with E-state index < -0.39 is 5.91 Å². The Kier molecular flexibility index (Phi) is 6.43. The van der Waals surface area contributed by atoms with Gasteiger partial charge in [0.2, 0.25) is 11.8 Å². The molecule has 0 spiro atoms. The molecule has 1 saturated heterocycles. The van der Waals surface area contributed by atoms with Gasteiger partial charge in [0, 0.05) is 30.3 Å². The molecule has 2 heterocycles. The second-order valence-electron chi connectivity index (χ2n) is 8.32. The van der Waals surface area contributed by atoms with Crippen molar-refractivity contribution < 1.29 is 14.3 Å². The van der Waals surface area contributed by atoms with Gasteiger partial charge >= 0.3 is 0 Å². The third-order valence-electron chi connectivity index (χ3n) is 6.20. The fourth-order valence-electron chi connectivity index (χ4n) is 4.44. The van der Waals surface area contributed by atoms with Gasteiger partial charge in [-0.3, -0.25) is 14.6 Å². The third-order valence-corrected chi connectivity index (χ3v) is 6.20. The van der Waals surface area contributed by atoms with Gasteiger partial charge in [-0.1, -0.05) is 37.5 Å². The van der Waals surface area contributed by atoms with Crippen molar-refractivity contribution in [3.05, 3.63) is 53.9 Å². The number of nitrogens with two attached hydrogens (primary N) is 1. The first-order valence-electron chi connectivity index (χ1n) is 10.9. The molecular weight excluding hydrogens is 378 g/mol. The molecule has 1 aliphatic heterocycles. The van der Waals surface area contributed by atoms with Crippen LogP contribution in [0.5, 0.6) is 0 Å². The fraction of sp³-hybridized carbons (Fsp3) is 0.458. The van der Waals surface area contributed by atoms with Crippen LogP contribution in [0.1, 0.15) is 60.7 Å². The topological polar surface area (TPSA) is 85.5 Å². The quantitative estimate of drug-likeness (QED) is 0.819. The number of nitrogens with zero attached hydrogens (tertiary/aromatic N) is 2. The van der Waals surface area contributed by atoms with Gasteiger partial charge in [0.1, 0.15) is 6.10 Å². The van der Waals surface area contributed by atoms with Crippen molar-refractivity contribution in [2.75, 3.05) is 19.7 Å². The summed E-state index contributed by atoms with van der Waals surface area (Å²) in [4.78, 5) is 30.7. The van der Waals surface area contributed by atoms with Crippen LogP contribution in [0.2, 0.25) is 0 Å². The molecule has 0 bridgehead atoms. The number of benzene rings is 1. The van der Waals surface area contributed by atoms with Crippen LogP contribution < -0.4 is 5.73 Å². The number of carbonyl (C=O) groups excluding carboxylic acids is 2. The molecule has 2 N–H and O–H groups in total. The predicted molar refractivity (Wildman–Crippen MR) is 115 cm³/mol. The number of carbonyl (C=O) groups is 2. The number of hydrogen-bond donors (Lipinski definition) is 1. The average Bonchev–Trinajstić information content (AvgIpc) is 2.80. The van der Waals surface area contributed by atoms with E-state index in [4.69, 9.17) is 10.5 Å². The largest absolute Gasteiger partial charge is 0.368 e. The normalized spacial score (nSPS) is 20.1. The van der Waals surface area contributed by atoms with Gasteiger partial charge in [0.15, 0.2) is 0 Å². The molecule has 2 aromatic rings. The molecule has 0 radical (unpaired) electrons. The summed E-state index contributed by atoms with van der Waals surface area (Å²) in [6, 6.07) is 11.1. The smallest absolute Gasteiger partial charge is 0.248 e. The number of pyridine rings is 1. The number of aromatic nitrogens is 1. The van der Waals surface area contributed by atoms with Gasteiger partial charge in [-0.05, 0) is 42.5 Å². The molecule has 2 fully saturated rings. The number of ether oxygens (including phenoxy) is 1. The van der Waals surface area contributed by atoms with E-state index in [0.717, 1.165) is 16.8 Å². The Morgan fingerprint density at radius 3 is 2.67 bits per heavy atom. The summed E-state index contributed by atoms with van der Waals surface area (Å²) in [5, 5.41) is 0. The van der Waals surface area contributed by atoms with Crippen molar-refractivity contribution in [3.63, 3.8) is 0 Å². The molecule has 2 aliphatic rings. The van der Waals surface area contributed by atoms with Gasteiger partial charge in [-0.15, -0.1) is 0 Å².